The van der Waals surface area contributed by atoms with E-state index in [4.69, 9.17) is 31.0 Å². The molecule has 1 unspecified atom stereocenters. The van der Waals surface area contributed by atoms with E-state index < -0.39 is 11.3 Å². The van der Waals surface area contributed by atoms with Crippen LogP contribution in [0, 0.1) is 28.6 Å². The Hall–Kier alpha value is -4.29. The Morgan fingerprint density at radius 1 is 1.09 bits per heavy atom. The van der Waals surface area contributed by atoms with Crippen molar-refractivity contribution in [2.75, 3.05) is 57.4 Å². The van der Waals surface area contributed by atoms with E-state index in [1.807, 2.05) is 18.2 Å². The van der Waals surface area contributed by atoms with Crippen molar-refractivity contribution in [3.05, 3.63) is 99.8 Å². The summed E-state index contributed by atoms with van der Waals surface area (Å²) in [4.78, 5) is 28.9. The van der Waals surface area contributed by atoms with Gasteiger partial charge in [0.05, 0.1) is 37.5 Å². The van der Waals surface area contributed by atoms with Crippen molar-refractivity contribution >= 4 is 40.1 Å². The minimum Gasteiger partial charge on any atom is -0.463 e. The van der Waals surface area contributed by atoms with Crippen molar-refractivity contribution in [3.63, 3.8) is 0 Å². The van der Waals surface area contributed by atoms with Crippen LogP contribution in [0.25, 0.3) is 16.8 Å². The average molecular weight is 760 g/mol. The second-order valence-electron chi connectivity index (χ2n) is 16.0. The molecule has 1 aromatic heterocycles. The molecular weight excluding hydrogens is 706 g/mol. The van der Waals surface area contributed by atoms with Gasteiger partial charge < -0.3 is 14.4 Å². The summed E-state index contributed by atoms with van der Waals surface area (Å²) in [5.41, 5.74) is 6.26. The number of ether oxygens (including phenoxy) is 2. The first-order chi connectivity index (χ1) is 26.8. The lowest BCUT2D eigenvalue weighted by Crippen LogP contribution is -2.42. The van der Waals surface area contributed by atoms with Gasteiger partial charge in [-0.1, -0.05) is 90.4 Å². The van der Waals surface area contributed by atoms with Gasteiger partial charge in [0.25, 0.3) is 0 Å². The Balaban J connectivity index is 1.20. The van der Waals surface area contributed by atoms with Gasteiger partial charge in [0.15, 0.2) is 5.78 Å². The van der Waals surface area contributed by atoms with Crippen LogP contribution < -0.4 is 9.64 Å². The van der Waals surface area contributed by atoms with E-state index in [-0.39, 0.29) is 12.2 Å². The zero-order chi connectivity index (χ0) is 38.4. The standard InChI is InChI=1S/C46H54ClN5O3/c1-4-34-9-5-13-37(34)30-55-45-49-40-19-17-33(29-36-12-6-10-35-11-7-14-39(47)42(35)36)16-18-38(40)44(50-45)52-24-20-32(2)43(46(3,31-52)21-22-48)41(53)15-8-23-51-25-27-54-28-26-51/h4,6-8,10-12,14-15,29,37,43H,2,5,9,13,16-21,23-28,30-31H2,1,3H3/b15-8+,33-29+,34-4?/t37-,43?,46+/m0/s1. The van der Waals surface area contributed by atoms with Gasteiger partial charge in [-0.05, 0) is 81.4 Å². The first-order valence-electron chi connectivity index (χ1n) is 20.1. The van der Waals surface area contributed by atoms with Crippen molar-refractivity contribution in [2.45, 2.75) is 71.6 Å². The molecule has 1 saturated carbocycles. The molecule has 2 aliphatic carbocycles. The quantitative estimate of drug-likeness (QED) is 0.115. The van der Waals surface area contributed by atoms with Crippen LogP contribution in [0.1, 0.15) is 75.6 Å². The highest BCUT2D eigenvalue weighted by Gasteiger charge is 2.44. The van der Waals surface area contributed by atoms with E-state index >= 15 is 0 Å². The number of anilines is 1. The Morgan fingerprint density at radius 2 is 1.89 bits per heavy atom. The smallest absolute Gasteiger partial charge is 0.318 e. The highest BCUT2D eigenvalue weighted by atomic mass is 35.5. The number of aromatic nitrogens is 2. The number of rotatable bonds is 10. The highest BCUT2D eigenvalue weighted by molar-refractivity contribution is 6.36. The second-order valence-corrected chi connectivity index (χ2v) is 16.4. The van der Waals surface area contributed by atoms with E-state index in [0.29, 0.717) is 57.8 Å². The molecule has 2 aromatic carbocycles. The summed E-state index contributed by atoms with van der Waals surface area (Å²) in [6.07, 6.45) is 15.8. The third kappa shape index (κ3) is 8.91. The summed E-state index contributed by atoms with van der Waals surface area (Å²) in [7, 11) is 0. The van der Waals surface area contributed by atoms with Gasteiger partial charge >= 0.3 is 6.01 Å². The largest absolute Gasteiger partial charge is 0.463 e. The molecule has 55 heavy (non-hydrogen) atoms. The molecule has 9 heteroatoms. The lowest BCUT2D eigenvalue weighted by atomic mass is 9.69. The number of aryl methyl sites for hydroxylation is 1. The Morgan fingerprint density at radius 3 is 2.69 bits per heavy atom. The molecule has 0 radical (unpaired) electrons. The lowest BCUT2D eigenvalue weighted by Gasteiger charge is -2.37. The molecular formula is C46H54ClN5O3. The number of carbonyl (C=O) groups is 1. The van der Waals surface area contributed by atoms with Crippen LogP contribution in [0.4, 0.5) is 5.82 Å². The van der Waals surface area contributed by atoms with Crippen LogP contribution >= 0.6 is 11.6 Å². The van der Waals surface area contributed by atoms with Gasteiger partial charge in [0, 0.05) is 66.4 Å². The summed E-state index contributed by atoms with van der Waals surface area (Å²) in [5, 5.41) is 13.1. The maximum absolute atomic E-state index is 14.0. The minimum absolute atomic E-state index is 0.0167. The number of hydrogen-bond donors (Lipinski definition) is 0. The number of halogens is 1. The van der Waals surface area contributed by atoms with Crippen molar-refractivity contribution in [2.24, 2.45) is 17.3 Å². The van der Waals surface area contributed by atoms with Crippen molar-refractivity contribution in [1.82, 2.24) is 14.9 Å². The summed E-state index contributed by atoms with van der Waals surface area (Å²) in [5.74, 6) is 0.780. The number of benzene rings is 2. The first-order valence-corrected chi connectivity index (χ1v) is 20.5. The molecule has 288 valence electrons. The van der Waals surface area contributed by atoms with E-state index in [1.54, 1.807) is 6.08 Å². The molecule has 0 amide bonds. The second kappa shape index (κ2) is 17.7. The number of morpholine rings is 1. The predicted molar refractivity (Wildman–Crippen MR) is 221 cm³/mol. The molecule has 0 spiro atoms. The molecule has 3 heterocycles. The topological polar surface area (TPSA) is 91.6 Å². The SMILES string of the molecule is C=C1CCN(c2nc(OC[C@@H]3CCCC3=CC)nc3c2CC/C(=C\c2cccc4cccc(Cl)c24)CC3)C[C@@](C)(CC#N)C1C(=O)/C=C/CN1CCOCC1. The number of carbonyl (C=O) groups excluding carboxylic acids is 1. The van der Waals surface area contributed by atoms with E-state index in [1.165, 1.54) is 17.6 Å². The molecule has 0 N–H and O–H groups in total. The van der Waals surface area contributed by atoms with Gasteiger partial charge in [0.2, 0.25) is 0 Å². The van der Waals surface area contributed by atoms with Gasteiger partial charge in [-0.25, -0.2) is 0 Å². The molecule has 0 bridgehead atoms. The van der Waals surface area contributed by atoms with Crippen LogP contribution in [0.5, 0.6) is 6.01 Å². The molecule has 3 fully saturated rings. The predicted octanol–water partition coefficient (Wildman–Crippen LogP) is 9.13. The summed E-state index contributed by atoms with van der Waals surface area (Å²) in [6, 6.07) is 15.3. The molecule has 2 aliphatic heterocycles. The number of hydrogen-bond acceptors (Lipinski definition) is 8. The minimum atomic E-state index is -0.671. The number of nitriles is 1. The molecule has 2 saturated heterocycles. The average Bonchev–Trinajstić information content (AvgIpc) is 3.49. The van der Waals surface area contributed by atoms with Crippen LogP contribution in [0.3, 0.4) is 0 Å². The van der Waals surface area contributed by atoms with Crippen LogP contribution in [0.2, 0.25) is 5.02 Å². The number of fused-ring (bicyclic) bond motifs is 2. The van der Waals surface area contributed by atoms with Gasteiger partial charge in [-0.2, -0.15) is 15.2 Å². The fourth-order valence-electron chi connectivity index (χ4n) is 9.25. The van der Waals surface area contributed by atoms with Gasteiger partial charge in [0.1, 0.15) is 5.82 Å². The van der Waals surface area contributed by atoms with E-state index in [9.17, 15) is 10.1 Å². The normalized spacial score (nSPS) is 25.3. The van der Waals surface area contributed by atoms with Crippen LogP contribution in [-0.2, 0) is 22.4 Å². The molecule has 3 aromatic rings. The first kappa shape index (κ1) is 39.0. The van der Waals surface area contributed by atoms with Crippen LogP contribution in [0.15, 0.2) is 77.9 Å². The summed E-state index contributed by atoms with van der Waals surface area (Å²) < 4.78 is 12.0. The number of ketones is 1. The fraction of sp³-hybridized carbons (Fsp3) is 0.478. The lowest BCUT2D eigenvalue weighted by molar-refractivity contribution is -0.120. The Labute approximate surface area is 331 Å². The number of allylic oxidation sites excluding steroid dienone is 3. The van der Waals surface area contributed by atoms with E-state index in [0.717, 1.165) is 95.6 Å². The summed E-state index contributed by atoms with van der Waals surface area (Å²) in [6.45, 7) is 14.2. The highest BCUT2D eigenvalue weighted by Crippen LogP contribution is 2.44. The summed E-state index contributed by atoms with van der Waals surface area (Å²) >= 11 is 6.73. The Kier molecular flexibility index (Phi) is 12.5. The van der Waals surface area contributed by atoms with Crippen molar-refractivity contribution in [1.29, 1.82) is 5.26 Å². The Bertz CT molecular complexity index is 2040. The monoisotopic (exact) mass is 759 g/mol. The zero-order valence-electron chi connectivity index (χ0n) is 32.5. The maximum atomic E-state index is 14.0. The number of nitrogens with zero attached hydrogens (tertiary/aromatic N) is 5. The third-order valence-electron chi connectivity index (χ3n) is 12.2. The van der Waals surface area contributed by atoms with Gasteiger partial charge in [-0.15, -0.1) is 0 Å². The maximum Gasteiger partial charge on any atom is 0.318 e. The van der Waals surface area contributed by atoms with Crippen molar-refractivity contribution < 1.29 is 14.3 Å². The fourth-order valence-corrected chi connectivity index (χ4v) is 9.54. The van der Waals surface area contributed by atoms with Gasteiger partial charge in [-0.3, -0.25) is 9.69 Å². The molecule has 4 aliphatic rings. The molecule has 3 atom stereocenters. The van der Waals surface area contributed by atoms with Crippen LogP contribution in [-0.4, -0.2) is 73.2 Å². The molecule has 8 nitrogen and oxygen atoms in total. The van der Waals surface area contributed by atoms with E-state index in [2.05, 4.69) is 72.7 Å². The molecule has 7 rings (SSSR count). The van der Waals surface area contributed by atoms with Crippen molar-refractivity contribution in [3.8, 4) is 12.1 Å². The zero-order valence-corrected chi connectivity index (χ0v) is 33.3. The third-order valence-corrected chi connectivity index (χ3v) is 12.5.